The molecule has 4 aliphatic carbocycles. The summed E-state index contributed by atoms with van der Waals surface area (Å²) < 4.78 is 4.90. The topological polar surface area (TPSA) is 140 Å². The third-order valence-electron chi connectivity index (χ3n) is 9.64. The van der Waals surface area contributed by atoms with E-state index >= 15 is 0 Å². The van der Waals surface area contributed by atoms with E-state index in [2.05, 4.69) is 40.5 Å². The standard InChI is InChI=1S/C24H37N5O4/c1-5-33-21(32)27-26-14(2)24(28-29-25)20(31)13-19-17-7-6-15-12-16(30)8-10-22(15,3)18(17)9-11-23(19,24)4/h6,16-20,30-31H,5,7-13H2,1-4H3,(H,27,32)/t16-,17+,18-,19-,20+,22-,23-,24+/m0/s1. The number of nitrogens with zero attached hydrogens (tertiary/aromatic N) is 4. The minimum absolute atomic E-state index is 0.0762. The number of hydrazone groups is 1. The van der Waals surface area contributed by atoms with E-state index in [0.29, 0.717) is 24.0 Å². The lowest BCUT2D eigenvalue weighted by atomic mass is 9.46. The van der Waals surface area contributed by atoms with Crippen molar-refractivity contribution in [3.63, 3.8) is 0 Å². The van der Waals surface area contributed by atoms with E-state index in [1.54, 1.807) is 13.8 Å². The van der Waals surface area contributed by atoms with E-state index in [9.17, 15) is 20.5 Å². The molecule has 0 radical (unpaired) electrons. The molecule has 3 fully saturated rings. The average molecular weight is 460 g/mol. The van der Waals surface area contributed by atoms with Crippen LogP contribution in [0.15, 0.2) is 21.9 Å². The molecule has 0 aromatic heterocycles. The first-order valence-electron chi connectivity index (χ1n) is 12.2. The van der Waals surface area contributed by atoms with Crippen LogP contribution in [-0.4, -0.2) is 46.4 Å². The van der Waals surface area contributed by atoms with E-state index in [1.165, 1.54) is 5.57 Å². The fourth-order valence-electron chi connectivity index (χ4n) is 8.02. The number of aliphatic hydroxyl groups is 2. The van der Waals surface area contributed by atoms with Crippen LogP contribution in [-0.2, 0) is 4.74 Å². The van der Waals surface area contributed by atoms with E-state index < -0.39 is 23.2 Å². The molecule has 8 atom stereocenters. The number of ether oxygens (including phenoxy) is 1. The van der Waals surface area contributed by atoms with Gasteiger partial charge in [0.2, 0.25) is 0 Å². The summed E-state index contributed by atoms with van der Waals surface area (Å²) in [4.78, 5) is 15.0. The zero-order chi connectivity index (χ0) is 24.0. The number of carbonyl (C=O) groups excluding carboxylic acids is 1. The first-order valence-corrected chi connectivity index (χ1v) is 12.2. The second kappa shape index (κ2) is 8.60. The van der Waals surface area contributed by atoms with Crippen molar-refractivity contribution in [2.45, 2.75) is 90.4 Å². The highest BCUT2D eigenvalue weighted by Crippen LogP contribution is 2.68. The summed E-state index contributed by atoms with van der Waals surface area (Å²) in [6.07, 6.45) is 6.31. The molecule has 0 aromatic rings. The van der Waals surface area contributed by atoms with Crippen LogP contribution >= 0.6 is 0 Å². The normalized spacial score (nSPS) is 44.5. The molecule has 0 unspecified atom stereocenters. The summed E-state index contributed by atoms with van der Waals surface area (Å²) in [5.74, 6) is 1.00. The number of aliphatic hydroxyl groups excluding tert-OH is 2. The van der Waals surface area contributed by atoms with Gasteiger partial charge in [0, 0.05) is 4.91 Å². The lowest BCUT2D eigenvalue weighted by Crippen LogP contribution is -2.58. The molecule has 0 saturated heterocycles. The average Bonchev–Trinajstić information content (AvgIpc) is 3.00. The summed E-state index contributed by atoms with van der Waals surface area (Å²) in [5.41, 5.74) is 12.1. The molecule has 3 saturated carbocycles. The molecule has 3 N–H and O–H groups in total. The highest BCUT2D eigenvalue weighted by molar-refractivity contribution is 5.94. The Kier molecular flexibility index (Phi) is 6.27. The molecule has 4 rings (SSSR count). The van der Waals surface area contributed by atoms with Crippen LogP contribution in [0.2, 0.25) is 0 Å². The number of azide groups is 1. The lowest BCUT2D eigenvalue weighted by Gasteiger charge is -2.59. The van der Waals surface area contributed by atoms with Crippen molar-refractivity contribution < 1.29 is 19.7 Å². The number of allylic oxidation sites excluding steroid dienone is 1. The van der Waals surface area contributed by atoms with E-state index in [1.807, 2.05) is 0 Å². The molecule has 9 heteroatoms. The largest absolute Gasteiger partial charge is 0.449 e. The zero-order valence-electron chi connectivity index (χ0n) is 20.1. The number of amides is 1. The molecule has 182 valence electrons. The predicted octanol–water partition coefficient (Wildman–Crippen LogP) is 4.45. The van der Waals surface area contributed by atoms with Gasteiger partial charge in [0.15, 0.2) is 0 Å². The Bertz CT molecular complexity index is 915. The summed E-state index contributed by atoms with van der Waals surface area (Å²) in [7, 11) is 0. The first-order chi connectivity index (χ1) is 15.6. The molecule has 9 nitrogen and oxygen atoms in total. The Balaban J connectivity index is 1.70. The first kappa shape index (κ1) is 24.0. The molecular weight excluding hydrogens is 422 g/mol. The van der Waals surface area contributed by atoms with E-state index in [4.69, 9.17) is 4.74 Å². The fraction of sp³-hybridized carbons (Fsp3) is 0.833. The minimum Gasteiger partial charge on any atom is -0.449 e. The molecule has 0 spiro atoms. The van der Waals surface area contributed by atoms with Gasteiger partial charge in [-0.15, -0.1) is 0 Å². The summed E-state index contributed by atoms with van der Waals surface area (Å²) in [5, 5.41) is 30.1. The smallest absolute Gasteiger partial charge is 0.427 e. The van der Waals surface area contributed by atoms with Gasteiger partial charge >= 0.3 is 6.09 Å². The van der Waals surface area contributed by atoms with Crippen LogP contribution in [0.25, 0.3) is 10.4 Å². The summed E-state index contributed by atoms with van der Waals surface area (Å²) >= 11 is 0. The molecule has 0 aliphatic heterocycles. The van der Waals surface area contributed by atoms with Crippen LogP contribution in [0.4, 0.5) is 4.79 Å². The van der Waals surface area contributed by atoms with Crippen molar-refractivity contribution in [3.05, 3.63) is 22.1 Å². The Morgan fingerprint density at radius 1 is 1.30 bits per heavy atom. The number of carbonyl (C=O) groups is 1. The molecule has 33 heavy (non-hydrogen) atoms. The van der Waals surface area contributed by atoms with Gasteiger partial charge in [-0.2, -0.15) is 5.10 Å². The number of hydrogen-bond acceptors (Lipinski definition) is 6. The van der Waals surface area contributed by atoms with Crippen LogP contribution in [0.3, 0.4) is 0 Å². The number of nitrogens with one attached hydrogen (secondary N) is 1. The summed E-state index contributed by atoms with van der Waals surface area (Å²) in [6.45, 7) is 8.12. The lowest BCUT2D eigenvalue weighted by molar-refractivity contribution is -0.0474. The van der Waals surface area contributed by atoms with Crippen molar-refractivity contribution in [1.82, 2.24) is 5.43 Å². The van der Waals surface area contributed by atoms with Crippen LogP contribution in [0, 0.1) is 28.6 Å². The van der Waals surface area contributed by atoms with Crippen molar-refractivity contribution in [2.24, 2.45) is 38.8 Å². The highest BCUT2D eigenvalue weighted by Gasteiger charge is 2.68. The van der Waals surface area contributed by atoms with Crippen molar-refractivity contribution >= 4 is 11.8 Å². The fourth-order valence-corrected chi connectivity index (χ4v) is 8.02. The van der Waals surface area contributed by atoms with Crippen molar-refractivity contribution in [1.29, 1.82) is 0 Å². The third-order valence-corrected chi connectivity index (χ3v) is 9.64. The molecular formula is C24H37N5O4. The monoisotopic (exact) mass is 459 g/mol. The third kappa shape index (κ3) is 3.47. The van der Waals surface area contributed by atoms with Gasteiger partial charge in [-0.05, 0) is 92.9 Å². The molecule has 0 bridgehead atoms. The number of rotatable bonds is 4. The van der Waals surface area contributed by atoms with E-state index in [-0.39, 0.29) is 24.0 Å². The zero-order valence-corrected chi connectivity index (χ0v) is 20.1. The van der Waals surface area contributed by atoms with Crippen molar-refractivity contribution in [2.75, 3.05) is 6.61 Å². The van der Waals surface area contributed by atoms with Crippen LogP contribution in [0.1, 0.15) is 72.6 Å². The van der Waals surface area contributed by atoms with E-state index in [0.717, 1.165) is 38.5 Å². The van der Waals surface area contributed by atoms with Gasteiger partial charge in [-0.1, -0.05) is 30.6 Å². The molecule has 1 amide bonds. The van der Waals surface area contributed by atoms with Gasteiger partial charge in [0.25, 0.3) is 0 Å². The van der Waals surface area contributed by atoms with Gasteiger partial charge in [-0.3, -0.25) is 0 Å². The number of fused-ring (bicyclic) bond motifs is 5. The predicted molar refractivity (Wildman–Crippen MR) is 124 cm³/mol. The van der Waals surface area contributed by atoms with Crippen molar-refractivity contribution in [3.8, 4) is 0 Å². The van der Waals surface area contributed by atoms with Gasteiger partial charge in [0.1, 0.15) is 5.54 Å². The van der Waals surface area contributed by atoms with Gasteiger partial charge in [-0.25, -0.2) is 10.2 Å². The Labute approximate surface area is 195 Å². The Morgan fingerprint density at radius 2 is 2.06 bits per heavy atom. The van der Waals surface area contributed by atoms with Crippen LogP contribution < -0.4 is 5.43 Å². The Morgan fingerprint density at radius 3 is 2.76 bits per heavy atom. The molecule has 4 aliphatic rings. The maximum atomic E-state index is 11.8. The second-order valence-electron chi connectivity index (χ2n) is 10.8. The number of hydrogen-bond donors (Lipinski definition) is 3. The summed E-state index contributed by atoms with van der Waals surface area (Å²) in [6, 6.07) is 0. The quantitative estimate of drug-likeness (QED) is 0.143. The van der Waals surface area contributed by atoms with Gasteiger partial charge in [0.05, 0.1) is 24.5 Å². The SMILES string of the molecule is CCOC(=O)NN=C(C)[C@@]1(N=[N+]=[N-])[C@H](O)C[C@H]2[C@@H]3CC=C4C[C@@H](O)CC[C@]4(C)[C@H]3CC[C@@]21C. The van der Waals surface area contributed by atoms with Crippen LogP contribution in [0.5, 0.6) is 0 Å². The minimum atomic E-state index is -1.23. The maximum Gasteiger partial charge on any atom is 0.427 e. The Hall–Kier alpha value is -2.09. The molecule has 0 aromatic carbocycles. The maximum absolute atomic E-state index is 11.8. The van der Waals surface area contributed by atoms with Gasteiger partial charge < -0.3 is 14.9 Å². The molecule has 0 heterocycles. The highest BCUT2D eigenvalue weighted by atomic mass is 16.5. The second-order valence-corrected chi connectivity index (χ2v) is 10.8.